The lowest BCUT2D eigenvalue weighted by Crippen LogP contribution is -2.26. The summed E-state index contributed by atoms with van der Waals surface area (Å²) >= 11 is 0. The zero-order chi connectivity index (χ0) is 11.7. The van der Waals surface area contributed by atoms with E-state index in [9.17, 15) is 4.79 Å². The van der Waals surface area contributed by atoms with E-state index in [4.69, 9.17) is 0 Å². The number of H-pyrrole nitrogens is 1. The molecule has 1 fully saturated rings. The van der Waals surface area contributed by atoms with Gasteiger partial charge >= 0.3 is 0 Å². The Morgan fingerprint density at radius 2 is 2.00 bits per heavy atom. The molecule has 1 aromatic heterocycles. The fourth-order valence-corrected chi connectivity index (χ4v) is 2.53. The van der Waals surface area contributed by atoms with Crippen LogP contribution in [-0.4, -0.2) is 35.3 Å². The summed E-state index contributed by atoms with van der Waals surface area (Å²) in [6.07, 6.45) is 4.28. The van der Waals surface area contributed by atoms with Crippen molar-refractivity contribution in [3.63, 3.8) is 0 Å². The topological polar surface area (TPSA) is 36.1 Å². The monoisotopic (exact) mass is 228 g/mol. The minimum atomic E-state index is 0.226. The molecule has 0 unspecified atom stereocenters. The van der Waals surface area contributed by atoms with Gasteiger partial charge in [-0.3, -0.25) is 9.69 Å². The fourth-order valence-electron chi connectivity index (χ4n) is 2.53. The summed E-state index contributed by atoms with van der Waals surface area (Å²) in [7, 11) is 0. The second-order valence-corrected chi connectivity index (χ2v) is 4.65. The fraction of sp³-hybridized carbons (Fsp3) is 0.357. The summed E-state index contributed by atoms with van der Waals surface area (Å²) in [5, 5.41) is 1.04. The first-order chi connectivity index (χ1) is 8.34. The average Bonchev–Trinajstić information content (AvgIpc) is 2.96. The Labute approximate surface area is 100 Å². The summed E-state index contributed by atoms with van der Waals surface area (Å²) < 4.78 is 0. The minimum absolute atomic E-state index is 0.226. The Morgan fingerprint density at radius 3 is 2.82 bits per heavy atom. The van der Waals surface area contributed by atoms with Crippen LogP contribution >= 0.6 is 0 Å². The Morgan fingerprint density at radius 1 is 1.24 bits per heavy atom. The molecule has 3 rings (SSSR count). The van der Waals surface area contributed by atoms with E-state index in [-0.39, 0.29) is 5.78 Å². The third kappa shape index (κ3) is 1.98. The first-order valence-corrected chi connectivity index (χ1v) is 6.16. The van der Waals surface area contributed by atoms with Gasteiger partial charge in [0, 0.05) is 22.7 Å². The highest BCUT2D eigenvalue weighted by molar-refractivity contribution is 6.08. The van der Waals surface area contributed by atoms with Crippen molar-refractivity contribution >= 4 is 16.7 Å². The van der Waals surface area contributed by atoms with Crippen LogP contribution in [0.1, 0.15) is 23.2 Å². The van der Waals surface area contributed by atoms with E-state index < -0.39 is 0 Å². The molecule has 1 aromatic carbocycles. The van der Waals surface area contributed by atoms with Crippen molar-refractivity contribution in [3.8, 4) is 0 Å². The number of Topliss-reactive ketones (excluding diaryl/α,β-unsaturated/α-hetero) is 1. The van der Waals surface area contributed by atoms with E-state index in [0.29, 0.717) is 6.54 Å². The molecule has 3 nitrogen and oxygen atoms in total. The van der Waals surface area contributed by atoms with Crippen LogP contribution in [0, 0.1) is 0 Å². The number of carbonyl (C=O) groups is 1. The van der Waals surface area contributed by atoms with Gasteiger partial charge in [-0.1, -0.05) is 18.2 Å². The van der Waals surface area contributed by atoms with Gasteiger partial charge in [0.15, 0.2) is 5.78 Å². The molecular weight excluding hydrogens is 212 g/mol. The SMILES string of the molecule is O=C(CN1CCCC1)c1c[nH]c2ccccc12. The smallest absolute Gasteiger partial charge is 0.178 e. The van der Waals surface area contributed by atoms with Crippen molar-refractivity contribution in [1.82, 2.24) is 9.88 Å². The molecule has 0 aliphatic carbocycles. The maximum absolute atomic E-state index is 12.2. The summed E-state index contributed by atoms with van der Waals surface area (Å²) in [5.41, 5.74) is 1.87. The number of para-hydroxylation sites is 1. The second kappa shape index (κ2) is 4.34. The number of carbonyl (C=O) groups excluding carboxylic acids is 1. The average molecular weight is 228 g/mol. The number of aromatic amines is 1. The lowest BCUT2D eigenvalue weighted by Gasteiger charge is -2.12. The Bertz CT molecular complexity index is 538. The number of ketones is 1. The number of hydrogen-bond acceptors (Lipinski definition) is 2. The molecule has 2 heterocycles. The molecule has 17 heavy (non-hydrogen) atoms. The summed E-state index contributed by atoms with van der Waals surface area (Å²) in [6, 6.07) is 7.96. The van der Waals surface area contributed by atoms with Crippen LogP contribution in [0.3, 0.4) is 0 Å². The van der Waals surface area contributed by atoms with Crippen LogP contribution in [0.15, 0.2) is 30.5 Å². The molecule has 2 aromatic rings. The van der Waals surface area contributed by atoms with Crippen LogP contribution in [0.5, 0.6) is 0 Å². The van der Waals surface area contributed by atoms with E-state index in [0.717, 1.165) is 29.6 Å². The quantitative estimate of drug-likeness (QED) is 0.819. The third-order valence-corrected chi connectivity index (χ3v) is 3.46. The first kappa shape index (κ1) is 10.5. The van der Waals surface area contributed by atoms with Gasteiger partial charge < -0.3 is 4.98 Å². The van der Waals surface area contributed by atoms with Crippen molar-refractivity contribution in [3.05, 3.63) is 36.0 Å². The van der Waals surface area contributed by atoms with Gasteiger partial charge in [-0.15, -0.1) is 0 Å². The molecule has 1 aliphatic heterocycles. The van der Waals surface area contributed by atoms with Crippen molar-refractivity contribution < 1.29 is 4.79 Å². The van der Waals surface area contributed by atoms with Gasteiger partial charge in [0.05, 0.1) is 6.54 Å². The first-order valence-electron chi connectivity index (χ1n) is 6.16. The molecule has 0 bridgehead atoms. The molecule has 1 saturated heterocycles. The van der Waals surface area contributed by atoms with Gasteiger partial charge in [-0.05, 0) is 32.0 Å². The third-order valence-electron chi connectivity index (χ3n) is 3.46. The number of rotatable bonds is 3. The Kier molecular flexibility index (Phi) is 2.69. The number of fused-ring (bicyclic) bond motifs is 1. The van der Waals surface area contributed by atoms with Crippen LogP contribution in [0.4, 0.5) is 0 Å². The highest BCUT2D eigenvalue weighted by Gasteiger charge is 2.18. The maximum atomic E-state index is 12.2. The minimum Gasteiger partial charge on any atom is -0.360 e. The van der Waals surface area contributed by atoms with Gasteiger partial charge in [0.2, 0.25) is 0 Å². The van der Waals surface area contributed by atoms with Crippen LogP contribution in [0.25, 0.3) is 10.9 Å². The van der Waals surface area contributed by atoms with Crippen LogP contribution in [-0.2, 0) is 0 Å². The van der Waals surface area contributed by atoms with E-state index in [2.05, 4.69) is 9.88 Å². The van der Waals surface area contributed by atoms with Crippen molar-refractivity contribution in [2.75, 3.05) is 19.6 Å². The summed E-state index contributed by atoms with van der Waals surface area (Å²) in [5.74, 6) is 0.226. The van der Waals surface area contributed by atoms with Crippen LogP contribution < -0.4 is 0 Å². The van der Waals surface area contributed by atoms with Crippen molar-refractivity contribution in [1.29, 1.82) is 0 Å². The zero-order valence-corrected chi connectivity index (χ0v) is 9.78. The van der Waals surface area contributed by atoms with E-state index in [1.165, 1.54) is 12.8 Å². The predicted molar refractivity (Wildman–Crippen MR) is 68.3 cm³/mol. The van der Waals surface area contributed by atoms with Crippen molar-refractivity contribution in [2.45, 2.75) is 12.8 Å². The van der Waals surface area contributed by atoms with Gasteiger partial charge in [0.25, 0.3) is 0 Å². The largest absolute Gasteiger partial charge is 0.360 e. The molecule has 1 N–H and O–H groups in total. The number of likely N-dealkylation sites (tertiary alicyclic amines) is 1. The second-order valence-electron chi connectivity index (χ2n) is 4.65. The van der Waals surface area contributed by atoms with Gasteiger partial charge in [-0.25, -0.2) is 0 Å². The predicted octanol–water partition coefficient (Wildman–Crippen LogP) is 2.45. The normalized spacial score (nSPS) is 16.7. The molecule has 88 valence electrons. The standard InChI is InChI=1S/C14H16N2O/c17-14(10-16-7-3-4-8-16)12-9-15-13-6-2-1-5-11(12)13/h1-2,5-6,9,15H,3-4,7-8,10H2. The molecule has 0 spiro atoms. The van der Waals surface area contributed by atoms with Crippen LogP contribution in [0.2, 0.25) is 0 Å². The number of nitrogens with zero attached hydrogens (tertiary/aromatic N) is 1. The summed E-state index contributed by atoms with van der Waals surface area (Å²) in [4.78, 5) is 17.6. The zero-order valence-electron chi connectivity index (χ0n) is 9.78. The maximum Gasteiger partial charge on any atom is 0.178 e. The lowest BCUT2D eigenvalue weighted by atomic mass is 10.1. The molecular formula is C14H16N2O. The molecule has 0 saturated carbocycles. The number of aromatic nitrogens is 1. The van der Waals surface area contributed by atoms with E-state index in [1.54, 1.807) is 0 Å². The molecule has 1 aliphatic rings. The van der Waals surface area contributed by atoms with Gasteiger partial charge in [0.1, 0.15) is 0 Å². The number of hydrogen-bond donors (Lipinski definition) is 1. The molecule has 0 atom stereocenters. The van der Waals surface area contributed by atoms with Crippen molar-refractivity contribution in [2.24, 2.45) is 0 Å². The number of benzene rings is 1. The highest BCUT2D eigenvalue weighted by Crippen LogP contribution is 2.19. The Balaban J connectivity index is 1.85. The molecule has 0 radical (unpaired) electrons. The van der Waals surface area contributed by atoms with Gasteiger partial charge in [-0.2, -0.15) is 0 Å². The number of nitrogens with one attached hydrogen (secondary N) is 1. The Hall–Kier alpha value is -1.61. The summed E-state index contributed by atoms with van der Waals surface area (Å²) in [6.45, 7) is 2.68. The lowest BCUT2D eigenvalue weighted by molar-refractivity contribution is 0.0947. The molecule has 0 amide bonds. The molecule has 3 heteroatoms. The highest BCUT2D eigenvalue weighted by atomic mass is 16.1. The van der Waals surface area contributed by atoms with E-state index in [1.807, 2.05) is 30.5 Å². The van der Waals surface area contributed by atoms with E-state index >= 15 is 0 Å².